The number of oxazole rings is 1. The van der Waals surface area contributed by atoms with Crippen LogP contribution in [0, 0.1) is 0 Å². The van der Waals surface area contributed by atoms with Gasteiger partial charge in [-0.1, -0.05) is 37.7 Å². The average molecular weight is 308 g/mol. The molecule has 21 heavy (non-hydrogen) atoms. The van der Waals surface area contributed by atoms with Crippen molar-refractivity contribution in [1.82, 2.24) is 10.3 Å². The molecule has 0 radical (unpaired) electrons. The predicted molar refractivity (Wildman–Crippen MR) is 83.3 cm³/mol. The van der Waals surface area contributed by atoms with Gasteiger partial charge in [0.1, 0.15) is 5.52 Å². The summed E-state index contributed by atoms with van der Waals surface area (Å²) >= 11 is 1.25. The molecule has 2 N–H and O–H groups in total. The van der Waals surface area contributed by atoms with Crippen molar-refractivity contribution in [1.29, 1.82) is 0 Å². The number of hydrogen-bond donors (Lipinski definition) is 2. The van der Waals surface area contributed by atoms with Crippen molar-refractivity contribution in [2.45, 2.75) is 37.5 Å². The molecule has 1 heterocycles. The van der Waals surface area contributed by atoms with Crippen LogP contribution in [0.2, 0.25) is 0 Å². The van der Waals surface area contributed by atoms with E-state index >= 15 is 0 Å². The lowest BCUT2D eigenvalue weighted by Gasteiger charge is -2.30. The summed E-state index contributed by atoms with van der Waals surface area (Å²) in [6.07, 6.45) is 1.39. The molecule has 6 heteroatoms. The number of nitrogens with zero attached hydrogens (tertiary/aromatic N) is 1. The summed E-state index contributed by atoms with van der Waals surface area (Å²) in [5.74, 6) is 0.0918. The minimum absolute atomic E-state index is 0.0563. The fraction of sp³-hybridized carbons (Fsp3) is 0.467. The van der Waals surface area contributed by atoms with E-state index in [1.807, 2.05) is 38.1 Å². The van der Waals surface area contributed by atoms with E-state index in [9.17, 15) is 9.90 Å². The maximum Gasteiger partial charge on any atom is 0.257 e. The van der Waals surface area contributed by atoms with Crippen molar-refractivity contribution in [3.05, 3.63) is 24.3 Å². The molecule has 114 valence electrons. The Morgan fingerprint density at radius 3 is 2.71 bits per heavy atom. The zero-order valence-corrected chi connectivity index (χ0v) is 13.1. The van der Waals surface area contributed by atoms with E-state index in [2.05, 4.69) is 10.3 Å². The van der Waals surface area contributed by atoms with Crippen molar-refractivity contribution >= 4 is 28.8 Å². The van der Waals surface area contributed by atoms with Crippen molar-refractivity contribution in [3.63, 3.8) is 0 Å². The van der Waals surface area contributed by atoms with Gasteiger partial charge in [0.25, 0.3) is 5.22 Å². The van der Waals surface area contributed by atoms with E-state index in [0.29, 0.717) is 23.6 Å². The number of fused-ring (bicyclic) bond motifs is 1. The monoisotopic (exact) mass is 308 g/mol. The largest absolute Gasteiger partial charge is 0.431 e. The Hall–Kier alpha value is -1.53. The topological polar surface area (TPSA) is 75.4 Å². The van der Waals surface area contributed by atoms with Crippen LogP contribution < -0.4 is 5.32 Å². The molecule has 0 aliphatic heterocycles. The quantitative estimate of drug-likeness (QED) is 0.769. The summed E-state index contributed by atoms with van der Waals surface area (Å²) in [6.45, 7) is 3.85. The fourth-order valence-corrected chi connectivity index (χ4v) is 2.70. The van der Waals surface area contributed by atoms with Crippen molar-refractivity contribution in [3.8, 4) is 0 Å². The molecule has 0 aliphatic rings. The van der Waals surface area contributed by atoms with Crippen LogP contribution in [0.1, 0.15) is 26.7 Å². The highest BCUT2D eigenvalue weighted by Crippen LogP contribution is 2.23. The Kier molecular flexibility index (Phi) is 5.25. The maximum absolute atomic E-state index is 12.0. The third-order valence-electron chi connectivity index (χ3n) is 3.66. The number of hydrogen-bond acceptors (Lipinski definition) is 5. The maximum atomic E-state index is 12.0. The van der Waals surface area contributed by atoms with Crippen LogP contribution >= 0.6 is 11.8 Å². The zero-order valence-electron chi connectivity index (χ0n) is 12.3. The van der Waals surface area contributed by atoms with Gasteiger partial charge in [0.05, 0.1) is 17.9 Å². The highest BCUT2D eigenvalue weighted by molar-refractivity contribution is 7.99. The first-order valence-electron chi connectivity index (χ1n) is 7.02. The standard InChI is InChI=1S/C15H20N2O3S/c1-3-15(4-2,10-18)17-13(19)9-21-14-16-11-7-5-6-8-12(11)20-14/h5-8,18H,3-4,9-10H2,1-2H3,(H,17,19). The average Bonchev–Trinajstić information content (AvgIpc) is 2.94. The zero-order chi connectivity index (χ0) is 15.3. The number of aromatic nitrogens is 1. The molecule has 0 fully saturated rings. The number of thioether (sulfide) groups is 1. The van der Waals surface area contributed by atoms with Gasteiger partial charge in [0.15, 0.2) is 5.58 Å². The first kappa shape index (κ1) is 15.9. The molecule has 1 amide bonds. The van der Waals surface area contributed by atoms with E-state index in [1.54, 1.807) is 0 Å². The Bertz CT molecular complexity index is 566. The highest BCUT2D eigenvalue weighted by Gasteiger charge is 2.27. The van der Waals surface area contributed by atoms with Gasteiger partial charge < -0.3 is 14.8 Å². The lowest BCUT2D eigenvalue weighted by molar-refractivity contribution is -0.121. The summed E-state index contributed by atoms with van der Waals surface area (Å²) < 4.78 is 5.55. The van der Waals surface area contributed by atoms with Crippen LogP contribution in [-0.4, -0.2) is 33.9 Å². The van der Waals surface area contributed by atoms with Gasteiger partial charge in [-0.25, -0.2) is 4.98 Å². The normalized spacial score (nSPS) is 11.8. The SMILES string of the molecule is CCC(CC)(CO)NC(=O)CSc1nc2ccccc2o1. The highest BCUT2D eigenvalue weighted by atomic mass is 32.2. The smallest absolute Gasteiger partial charge is 0.257 e. The third-order valence-corrected chi connectivity index (χ3v) is 4.49. The number of carbonyl (C=O) groups is 1. The third kappa shape index (κ3) is 3.77. The van der Waals surface area contributed by atoms with Gasteiger partial charge in [-0.15, -0.1) is 0 Å². The Morgan fingerprint density at radius 2 is 2.10 bits per heavy atom. The number of benzene rings is 1. The molecule has 0 unspecified atom stereocenters. The number of nitrogens with one attached hydrogen (secondary N) is 1. The van der Waals surface area contributed by atoms with E-state index in [0.717, 1.165) is 5.52 Å². The Labute approximate surface area is 128 Å². The van der Waals surface area contributed by atoms with Crippen LogP contribution in [0.25, 0.3) is 11.1 Å². The number of carbonyl (C=O) groups excluding carboxylic acids is 1. The lowest BCUT2D eigenvalue weighted by atomic mass is 9.94. The minimum Gasteiger partial charge on any atom is -0.431 e. The van der Waals surface area contributed by atoms with Crippen LogP contribution in [0.15, 0.2) is 33.9 Å². The number of amides is 1. The van der Waals surface area contributed by atoms with Gasteiger partial charge in [0, 0.05) is 0 Å². The van der Waals surface area contributed by atoms with E-state index in [4.69, 9.17) is 4.42 Å². The lowest BCUT2D eigenvalue weighted by Crippen LogP contribution is -2.51. The Balaban J connectivity index is 1.94. The summed E-state index contributed by atoms with van der Waals surface area (Å²) in [5.41, 5.74) is 0.971. The van der Waals surface area contributed by atoms with Crippen LogP contribution in [0.5, 0.6) is 0 Å². The van der Waals surface area contributed by atoms with E-state index in [1.165, 1.54) is 11.8 Å². The summed E-state index contributed by atoms with van der Waals surface area (Å²) in [4.78, 5) is 16.3. The first-order chi connectivity index (χ1) is 10.1. The van der Waals surface area contributed by atoms with Gasteiger partial charge in [-0.3, -0.25) is 4.79 Å². The molecule has 5 nitrogen and oxygen atoms in total. The number of rotatable bonds is 7. The van der Waals surface area contributed by atoms with E-state index in [-0.39, 0.29) is 18.3 Å². The van der Waals surface area contributed by atoms with Crippen molar-refractivity contribution < 1.29 is 14.3 Å². The molecule has 0 aliphatic carbocycles. The second-order valence-corrected chi connectivity index (χ2v) is 5.86. The molecular formula is C15H20N2O3S. The van der Waals surface area contributed by atoms with Gasteiger partial charge in [-0.05, 0) is 25.0 Å². The minimum atomic E-state index is -0.529. The summed E-state index contributed by atoms with van der Waals surface area (Å²) in [6, 6.07) is 7.49. The van der Waals surface area contributed by atoms with Gasteiger partial charge in [-0.2, -0.15) is 0 Å². The molecule has 2 rings (SSSR count). The predicted octanol–water partition coefficient (Wildman–Crippen LogP) is 2.59. The Morgan fingerprint density at radius 1 is 1.38 bits per heavy atom. The molecule has 0 bridgehead atoms. The van der Waals surface area contributed by atoms with Crippen molar-refractivity contribution in [2.75, 3.05) is 12.4 Å². The van der Waals surface area contributed by atoms with Crippen LogP contribution in [-0.2, 0) is 4.79 Å². The molecule has 0 atom stereocenters. The first-order valence-corrected chi connectivity index (χ1v) is 8.01. The molecule has 2 aromatic rings. The van der Waals surface area contributed by atoms with Gasteiger partial charge >= 0.3 is 0 Å². The summed E-state index contributed by atoms with van der Waals surface area (Å²) in [5, 5.41) is 12.8. The fourth-order valence-electron chi connectivity index (χ4n) is 2.06. The molecule has 1 aromatic carbocycles. The molecular weight excluding hydrogens is 288 g/mol. The molecule has 0 saturated heterocycles. The van der Waals surface area contributed by atoms with Crippen molar-refractivity contribution in [2.24, 2.45) is 0 Å². The van der Waals surface area contributed by atoms with Crippen LogP contribution in [0.4, 0.5) is 0 Å². The van der Waals surface area contributed by atoms with Gasteiger partial charge in [0.2, 0.25) is 5.91 Å². The number of aliphatic hydroxyl groups excluding tert-OH is 1. The second kappa shape index (κ2) is 6.95. The number of aliphatic hydroxyl groups is 1. The summed E-state index contributed by atoms with van der Waals surface area (Å²) in [7, 11) is 0. The number of para-hydroxylation sites is 2. The molecule has 0 saturated carbocycles. The second-order valence-electron chi connectivity index (χ2n) is 4.93. The van der Waals surface area contributed by atoms with E-state index < -0.39 is 5.54 Å². The molecule has 1 aromatic heterocycles. The van der Waals surface area contributed by atoms with Crippen LogP contribution in [0.3, 0.4) is 0 Å². The molecule has 0 spiro atoms.